The Morgan fingerprint density at radius 2 is 2.08 bits per heavy atom. The molecule has 0 aliphatic carbocycles. The Bertz CT molecular complexity index is 301. The van der Waals surface area contributed by atoms with Gasteiger partial charge in [-0.25, -0.2) is 0 Å². The van der Waals surface area contributed by atoms with Crippen molar-refractivity contribution in [2.24, 2.45) is 0 Å². The normalized spacial score (nSPS) is 14.3. The molecule has 2 nitrogen and oxygen atoms in total. The molecule has 0 N–H and O–H groups in total. The van der Waals surface area contributed by atoms with Gasteiger partial charge in [0.2, 0.25) is 6.41 Å². The quantitative estimate of drug-likeness (QED) is 0.526. The Morgan fingerprint density at radius 3 is 2.85 bits per heavy atom. The van der Waals surface area contributed by atoms with E-state index < -0.39 is 0 Å². The second-order valence-corrected chi connectivity index (χ2v) is 3.03. The van der Waals surface area contributed by atoms with E-state index in [2.05, 4.69) is 6.07 Å². The first kappa shape index (κ1) is 10.7. The molecule has 2 radical (unpaired) electrons. The van der Waals surface area contributed by atoms with Crippen LogP contribution in [0.15, 0.2) is 24.3 Å². The fourth-order valence-corrected chi connectivity index (χ4v) is 1.67. The first-order valence-electron chi connectivity index (χ1n) is 4.21. The molecule has 0 unspecified atom stereocenters. The van der Waals surface area contributed by atoms with Crippen LogP contribution in [0.4, 0.5) is 5.69 Å². The van der Waals surface area contributed by atoms with E-state index in [0.717, 1.165) is 31.5 Å². The molecule has 1 aromatic carbocycles. The maximum absolute atomic E-state index is 10.6. The van der Waals surface area contributed by atoms with Crippen molar-refractivity contribution in [1.82, 2.24) is 0 Å². The van der Waals surface area contributed by atoms with Gasteiger partial charge in [0, 0.05) is 12.2 Å². The van der Waals surface area contributed by atoms with Gasteiger partial charge in [0.15, 0.2) is 0 Å². The molecule has 1 aliphatic heterocycles. The summed E-state index contributed by atoms with van der Waals surface area (Å²) in [6, 6.07) is 8.08. The Balaban J connectivity index is 0.000000845. The molecular weight excluding hydrogens is 357 g/mol. The van der Waals surface area contributed by atoms with Gasteiger partial charge in [0.25, 0.3) is 0 Å². The van der Waals surface area contributed by atoms with Crippen molar-refractivity contribution in [2.45, 2.75) is 12.8 Å². The van der Waals surface area contributed by atoms with Gasteiger partial charge < -0.3 is 4.90 Å². The summed E-state index contributed by atoms with van der Waals surface area (Å²) < 4.78 is 0. The third-order valence-electron chi connectivity index (χ3n) is 2.27. The average molecular weight is 370 g/mol. The summed E-state index contributed by atoms with van der Waals surface area (Å²) >= 11 is 0. The summed E-state index contributed by atoms with van der Waals surface area (Å²) in [6.45, 7) is 0.862. The second kappa shape index (κ2) is 4.74. The van der Waals surface area contributed by atoms with Crippen LogP contribution in [-0.4, -0.2) is 40.3 Å². The van der Waals surface area contributed by atoms with Crippen LogP contribution in [-0.2, 0) is 11.2 Å². The number of benzene rings is 1. The number of fused-ring (bicyclic) bond motifs is 1. The van der Waals surface area contributed by atoms with Crippen molar-refractivity contribution in [3.63, 3.8) is 0 Å². The fourth-order valence-electron chi connectivity index (χ4n) is 1.67. The Labute approximate surface area is 98.1 Å². The molecule has 13 heavy (non-hydrogen) atoms. The molecule has 1 heterocycles. The molecule has 0 aromatic heterocycles. The Morgan fingerprint density at radius 1 is 1.31 bits per heavy atom. The zero-order valence-electron chi connectivity index (χ0n) is 7.57. The zero-order chi connectivity index (χ0) is 8.39. The molecule has 1 aliphatic rings. The van der Waals surface area contributed by atoms with Crippen LogP contribution >= 0.6 is 0 Å². The van der Waals surface area contributed by atoms with Gasteiger partial charge in [-0.3, -0.25) is 4.79 Å². The Hall–Kier alpha value is -0.388. The van der Waals surface area contributed by atoms with Crippen LogP contribution in [0.5, 0.6) is 0 Å². The summed E-state index contributed by atoms with van der Waals surface area (Å²) in [5.74, 6) is 0. The van der Waals surface area contributed by atoms with E-state index in [9.17, 15) is 4.79 Å². The van der Waals surface area contributed by atoms with Crippen molar-refractivity contribution in [3.05, 3.63) is 29.8 Å². The van der Waals surface area contributed by atoms with Crippen molar-refractivity contribution < 1.29 is 4.79 Å². The van der Waals surface area contributed by atoms with Crippen LogP contribution in [0.2, 0.25) is 0 Å². The van der Waals surface area contributed by atoms with Gasteiger partial charge in [-0.1, -0.05) is 18.2 Å². The summed E-state index contributed by atoms with van der Waals surface area (Å²) in [5.41, 5.74) is 2.37. The average Bonchev–Trinajstić information content (AvgIpc) is 2.17. The third-order valence-corrected chi connectivity index (χ3v) is 2.27. The van der Waals surface area contributed by atoms with Crippen LogP contribution in [0, 0.1) is 0 Å². The molecule has 0 saturated heterocycles. The minimum absolute atomic E-state index is 0. The number of carbonyl (C=O) groups excluding carboxylic acids is 1. The van der Waals surface area contributed by atoms with Crippen LogP contribution < -0.4 is 4.90 Å². The minimum atomic E-state index is 0. The predicted molar refractivity (Wildman–Crippen MR) is 56.7 cm³/mol. The summed E-state index contributed by atoms with van der Waals surface area (Å²) in [6.07, 6.45) is 3.09. The molecule has 0 spiro atoms. The third kappa shape index (κ3) is 2.10. The SMILES string of the molecule is O=CN1CCCc2ccccc21.[PbH2]. The summed E-state index contributed by atoms with van der Waals surface area (Å²) in [7, 11) is 0. The number of anilines is 1. The topological polar surface area (TPSA) is 20.3 Å². The molecule has 3 heteroatoms. The molecule has 0 saturated carbocycles. The van der Waals surface area contributed by atoms with Crippen molar-refractivity contribution in [1.29, 1.82) is 0 Å². The number of para-hydroxylation sites is 1. The monoisotopic (exact) mass is 371 g/mol. The second-order valence-electron chi connectivity index (χ2n) is 3.03. The van der Waals surface area contributed by atoms with Gasteiger partial charge >= 0.3 is 27.3 Å². The number of hydrogen-bond donors (Lipinski definition) is 0. The molecular formula is C10H13NOPb. The number of hydrogen-bond acceptors (Lipinski definition) is 1. The van der Waals surface area contributed by atoms with Gasteiger partial charge in [-0.2, -0.15) is 0 Å². The number of carbonyl (C=O) groups is 1. The molecule has 1 aromatic rings. The van der Waals surface area contributed by atoms with E-state index in [-0.39, 0.29) is 27.3 Å². The standard InChI is InChI=1S/C10H11NO.Pb.2H/c12-8-11-7-3-5-9-4-1-2-6-10(9)11;;;/h1-2,4,6,8H,3,5,7H2;;;. The maximum atomic E-state index is 10.6. The number of amides is 1. The number of aryl methyl sites for hydroxylation is 1. The molecule has 0 atom stereocenters. The molecule has 0 bridgehead atoms. The van der Waals surface area contributed by atoms with Crippen molar-refractivity contribution >= 4 is 39.4 Å². The van der Waals surface area contributed by atoms with Gasteiger partial charge in [-0.15, -0.1) is 0 Å². The zero-order valence-corrected chi connectivity index (χ0v) is 13.1. The molecule has 2 rings (SSSR count). The first-order valence-corrected chi connectivity index (χ1v) is 4.21. The van der Waals surface area contributed by atoms with Crippen molar-refractivity contribution in [3.8, 4) is 0 Å². The van der Waals surface area contributed by atoms with E-state index in [1.807, 2.05) is 18.2 Å². The molecule has 1 amide bonds. The summed E-state index contributed by atoms with van der Waals surface area (Å²) in [5, 5.41) is 0. The fraction of sp³-hybridized carbons (Fsp3) is 0.300. The summed E-state index contributed by atoms with van der Waals surface area (Å²) in [4.78, 5) is 12.4. The van der Waals surface area contributed by atoms with E-state index >= 15 is 0 Å². The van der Waals surface area contributed by atoms with Gasteiger partial charge in [0.05, 0.1) is 0 Å². The molecule has 0 fully saturated rings. The first-order chi connectivity index (χ1) is 5.92. The van der Waals surface area contributed by atoms with E-state index in [1.165, 1.54) is 5.56 Å². The van der Waals surface area contributed by atoms with E-state index in [4.69, 9.17) is 0 Å². The van der Waals surface area contributed by atoms with Crippen LogP contribution in [0.3, 0.4) is 0 Å². The van der Waals surface area contributed by atoms with Gasteiger partial charge in [0.1, 0.15) is 0 Å². The van der Waals surface area contributed by atoms with Crippen LogP contribution in [0.25, 0.3) is 0 Å². The van der Waals surface area contributed by atoms with E-state index in [1.54, 1.807) is 4.90 Å². The number of rotatable bonds is 1. The molecule has 68 valence electrons. The van der Waals surface area contributed by atoms with Crippen molar-refractivity contribution in [2.75, 3.05) is 11.4 Å². The van der Waals surface area contributed by atoms with Crippen LogP contribution in [0.1, 0.15) is 12.0 Å². The Kier molecular flexibility index (Phi) is 3.90. The van der Waals surface area contributed by atoms with Gasteiger partial charge in [-0.05, 0) is 24.5 Å². The number of nitrogens with zero attached hydrogens (tertiary/aromatic N) is 1. The van der Waals surface area contributed by atoms with E-state index in [0.29, 0.717) is 0 Å². The predicted octanol–water partition coefficient (Wildman–Crippen LogP) is 0.679.